The van der Waals surface area contributed by atoms with Crippen LogP contribution in [-0.2, 0) is 16.4 Å². The Bertz CT molecular complexity index is 795. The lowest BCUT2D eigenvalue weighted by molar-refractivity contribution is 0.580. The molecule has 0 saturated heterocycles. The minimum atomic E-state index is -3.54. The Morgan fingerprint density at radius 2 is 2.00 bits per heavy atom. The van der Waals surface area contributed by atoms with Gasteiger partial charge in [-0.2, -0.15) is 0 Å². The molecule has 0 aliphatic heterocycles. The molecule has 2 heterocycles. The van der Waals surface area contributed by atoms with E-state index in [4.69, 9.17) is 0 Å². The summed E-state index contributed by atoms with van der Waals surface area (Å²) in [4.78, 5) is 13.6. The first-order valence-electron chi connectivity index (χ1n) is 7.77. The number of nitrogens with zero attached hydrogens (tertiary/aromatic N) is 3. The van der Waals surface area contributed by atoms with Crippen LogP contribution in [0.15, 0.2) is 40.6 Å². The van der Waals surface area contributed by atoms with Crippen molar-refractivity contribution in [3.05, 3.63) is 40.6 Å². The summed E-state index contributed by atoms with van der Waals surface area (Å²) in [5, 5.41) is 7.31. The number of aliphatic imine (C=N–C) groups is 1. The third-order valence-electron chi connectivity index (χ3n) is 3.18. The number of pyridine rings is 1. The molecule has 8 nitrogen and oxygen atoms in total. The number of halogens is 1. The van der Waals surface area contributed by atoms with E-state index in [9.17, 15) is 8.42 Å². The zero-order valence-electron chi connectivity index (χ0n) is 14.6. The third-order valence-corrected chi connectivity index (χ3v) is 5.60. The van der Waals surface area contributed by atoms with Crippen LogP contribution in [0.5, 0.6) is 0 Å². The van der Waals surface area contributed by atoms with Crippen molar-refractivity contribution in [1.29, 1.82) is 0 Å². The van der Waals surface area contributed by atoms with E-state index >= 15 is 0 Å². The van der Waals surface area contributed by atoms with Gasteiger partial charge in [0.05, 0.1) is 5.01 Å². The van der Waals surface area contributed by atoms with E-state index in [1.165, 1.54) is 23.3 Å². The van der Waals surface area contributed by atoms with Gasteiger partial charge in [-0.05, 0) is 19.1 Å². The van der Waals surface area contributed by atoms with E-state index in [-0.39, 0.29) is 35.4 Å². The van der Waals surface area contributed by atoms with Gasteiger partial charge < -0.3 is 10.6 Å². The van der Waals surface area contributed by atoms with Crippen LogP contribution in [0.25, 0.3) is 0 Å². The molecule has 0 spiro atoms. The SMILES string of the molecule is CN=C(NCCNS(=O)(=O)c1cccnc1)NCCc1ncc(C)s1.I. The Hall–Kier alpha value is -1.31. The Kier molecular flexibility index (Phi) is 9.98. The highest BCUT2D eigenvalue weighted by atomic mass is 127. The van der Waals surface area contributed by atoms with Crippen LogP contribution in [0.3, 0.4) is 0 Å². The summed E-state index contributed by atoms with van der Waals surface area (Å²) in [7, 11) is -1.87. The van der Waals surface area contributed by atoms with Gasteiger partial charge >= 0.3 is 0 Å². The molecule has 11 heteroatoms. The standard InChI is InChI=1S/C15H22N6O2S2.HI/c1-12-10-20-14(24-12)5-7-18-15(16-2)19-8-9-21-25(22,23)13-4-3-6-17-11-13;/h3-4,6,10-11,21H,5,7-9H2,1-2H3,(H2,16,18,19);1H. The molecular formula is C15H23IN6O2S2. The van der Waals surface area contributed by atoms with Gasteiger partial charge in [0.15, 0.2) is 5.96 Å². The predicted molar refractivity (Wildman–Crippen MR) is 115 cm³/mol. The van der Waals surface area contributed by atoms with Crippen molar-refractivity contribution in [2.45, 2.75) is 18.2 Å². The molecule has 0 unspecified atom stereocenters. The van der Waals surface area contributed by atoms with Crippen LogP contribution >= 0.6 is 35.3 Å². The lowest BCUT2D eigenvalue weighted by Crippen LogP contribution is -2.42. The monoisotopic (exact) mass is 510 g/mol. The van der Waals surface area contributed by atoms with Crippen LogP contribution in [0.4, 0.5) is 0 Å². The highest BCUT2D eigenvalue weighted by molar-refractivity contribution is 14.0. The van der Waals surface area contributed by atoms with E-state index in [0.717, 1.165) is 11.4 Å². The molecule has 2 aromatic heterocycles. The van der Waals surface area contributed by atoms with Gasteiger partial charge in [0, 0.05) is 56.6 Å². The lowest BCUT2D eigenvalue weighted by Gasteiger charge is -2.12. The average molecular weight is 510 g/mol. The average Bonchev–Trinajstić information content (AvgIpc) is 3.03. The molecule has 26 heavy (non-hydrogen) atoms. The van der Waals surface area contributed by atoms with E-state index in [1.54, 1.807) is 24.5 Å². The quantitative estimate of drug-likeness (QED) is 0.213. The van der Waals surface area contributed by atoms with Crippen LogP contribution in [-0.4, -0.2) is 51.0 Å². The number of rotatable bonds is 8. The Morgan fingerprint density at radius 1 is 1.23 bits per heavy atom. The Morgan fingerprint density at radius 3 is 2.62 bits per heavy atom. The van der Waals surface area contributed by atoms with E-state index in [1.807, 2.05) is 13.1 Å². The topological polar surface area (TPSA) is 108 Å². The molecule has 2 rings (SSSR count). The first kappa shape index (κ1) is 22.7. The highest BCUT2D eigenvalue weighted by Crippen LogP contribution is 2.10. The second-order valence-corrected chi connectivity index (χ2v) is 8.21. The molecular weight excluding hydrogens is 487 g/mol. The summed E-state index contributed by atoms with van der Waals surface area (Å²) in [6.07, 6.45) is 5.52. The van der Waals surface area contributed by atoms with Gasteiger partial charge in [-0.15, -0.1) is 35.3 Å². The molecule has 0 radical (unpaired) electrons. The molecule has 0 aromatic carbocycles. The molecule has 0 atom stereocenters. The van der Waals surface area contributed by atoms with Crippen LogP contribution in [0, 0.1) is 6.92 Å². The normalized spacial score (nSPS) is 11.7. The van der Waals surface area contributed by atoms with E-state index < -0.39 is 10.0 Å². The largest absolute Gasteiger partial charge is 0.356 e. The van der Waals surface area contributed by atoms with E-state index in [2.05, 4.69) is 30.3 Å². The summed E-state index contributed by atoms with van der Waals surface area (Å²) >= 11 is 1.68. The number of hydrogen-bond acceptors (Lipinski definition) is 6. The van der Waals surface area contributed by atoms with Crippen molar-refractivity contribution >= 4 is 51.3 Å². The number of nitrogens with one attached hydrogen (secondary N) is 3. The maximum atomic E-state index is 12.0. The fraction of sp³-hybridized carbons (Fsp3) is 0.400. The maximum Gasteiger partial charge on any atom is 0.242 e. The zero-order valence-corrected chi connectivity index (χ0v) is 18.6. The highest BCUT2D eigenvalue weighted by Gasteiger charge is 2.12. The lowest BCUT2D eigenvalue weighted by atomic mass is 10.4. The van der Waals surface area contributed by atoms with Gasteiger partial charge in [-0.3, -0.25) is 9.98 Å². The van der Waals surface area contributed by atoms with Gasteiger partial charge in [0.25, 0.3) is 0 Å². The minimum Gasteiger partial charge on any atom is -0.356 e. The molecule has 0 fully saturated rings. The second-order valence-electron chi connectivity index (χ2n) is 5.13. The maximum absolute atomic E-state index is 12.0. The molecule has 0 amide bonds. The fourth-order valence-corrected chi connectivity index (χ4v) is 3.76. The van der Waals surface area contributed by atoms with Crippen molar-refractivity contribution in [3.63, 3.8) is 0 Å². The number of aryl methyl sites for hydroxylation is 1. The molecule has 0 aliphatic rings. The smallest absolute Gasteiger partial charge is 0.242 e. The number of guanidine groups is 1. The molecule has 2 aromatic rings. The summed E-state index contributed by atoms with van der Waals surface area (Å²) in [6.45, 7) is 3.38. The summed E-state index contributed by atoms with van der Waals surface area (Å²) in [5.41, 5.74) is 0. The molecule has 0 saturated carbocycles. The molecule has 3 N–H and O–H groups in total. The fourth-order valence-electron chi connectivity index (χ4n) is 1.98. The predicted octanol–water partition coefficient (Wildman–Crippen LogP) is 1.15. The van der Waals surface area contributed by atoms with Crippen LogP contribution in [0.2, 0.25) is 0 Å². The van der Waals surface area contributed by atoms with Crippen molar-refractivity contribution in [2.24, 2.45) is 4.99 Å². The Balaban J connectivity index is 0.00000338. The Labute approximate surface area is 175 Å². The van der Waals surface area contributed by atoms with Gasteiger partial charge in [-0.1, -0.05) is 0 Å². The number of aromatic nitrogens is 2. The van der Waals surface area contributed by atoms with E-state index in [0.29, 0.717) is 19.0 Å². The van der Waals surface area contributed by atoms with Crippen LogP contribution < -0.4 is 15.4 Å². The van der Waals surface area contributed by atoms with Crippen molar-refractivity contribution in [3.8, 4) is 0 Å². The van der Waals surface area contributed by atoms with Crippen molar-refractivity contribution in [2.75, 3.05) is 26.7 Å². The minimum absolute atomic E-state index is 0. The van der Waals surface area contributed by atoms with Crippen LogP contribution in [0.1, 0.15) is 9.88 Å². The third kappa shape index (κ3) is 7.51. The first-order valence-corrected chi connectivity index (χ1v) is 10.1. The number of sulfonamides is 1. The van der Waals surface area contributed by atoms with Gasteiger partial charge in [0.1, 0.15) is 4.90 Å². The number of thiazole rings is 1. The zero-order chi connectivity index (χ0) is 18.1. The first-order chi connectivity index (χ1) is 12.0. The molecule has 0 aliphatic carbocycles. The van der Waals surface area contributed by atoms with Crippen molar-refractivity contribution in [1.82, 2.24) is 25.3 Å². The number of hydrogen-bond donors (Lipinski definition) is 3. The molecule has 144 valence electrons. The summed E-state index contributed by atoms with van der Waals surface area (Å²) in [6, 6.07) is 3.09. The second kappa shape index (κ2) is 11.4. The summed E-state index contributed by atoms with van der Waals surface area (Å²) < 4.78 is 26.6. The molecule has 0 bridgehead atoms. The summed E-state index contributed by atoms with van der Waals surface area (Å²) in [5.74, 6) is 0.619. The van der Waals surface area contributed by atoms with Gasteiger partial charge in [-0.25, -0.2) is 18.1 Å². The van der Waals surface area contributed by atoms with Gasteiger partial charge in [0.2, 0.25) is 10.0 Å². The van der Waals surface area contributed by atoms with Crippen molar-refractivity contribution < 1.29 is 8.42 Å².